The highest BCUT2D eigenvalue weighted by atomic mass is 16.5. The standard InChI is InChI=1S/C22H32N4O5/c1-14(2)10-23-21(27)19-13-31-20(25-19)12-26(11-15(3)4)22(28)24-16-7-17(29-5)9-18(8-16)30-6/h7-9,13-15H,10-12H2,1-6H3,(H,23,27)(H,24,28). The molecule has 0 aliphatic carbocycles. The average molecular weight is 433 g/mol. The number of aromatic nitrogens is 1. The molecule has 1 aromatic heterocycles. The van der Waals surface area contributed by atoms with Crippen LogP contribution in [0.3, 0.4) is 0 Å². The van der Waals surface area contributed by atoms with Gasteiger partial charge in [0.05, 0.1) is 20.8 Å². The number of ether oxygens (including phenoxy) is 2. The van der Waals surface area contributed by atoms with Gasteiger partial charge in [0.2, 0.25) is 5.89 Å². The normalized spacial score (nSPS) is 10.8. The molecular formula is C22H32N4O5. The number of methoxy groups -OCH3 is 2. The number of carbonyl (C=O) groups is 2. The molecule has 0 atom stereocenters. The number of nitrogens with one attached hydrogen (secondary N) is 2. The molecule has 0 radical (unpaired) electrons. The van der Waals surface area contributed by atoms with Gasteiger partial charge in [0.1, 0.15) is 17.8 Å². The summed E-state index contributed by atoms with van der Waals surface area (Å²) in [6, 6.07) is 4.81. The number of nitrogens with zero attached hydrogens (tertiary/aromatic N) is 2. The fourth-order valence-electron chi connectivity index (χ4n) is 2.78. The summed E-state index contributed by atoms with van der Waals surface area (Å²) in [6.07, 6.45) is 1.31. The summed E-state index contributed by atoms with van der Waals surface area (Å²) in [7, 11) is 3.09. The van der Waals surface area contributed by atoms with Gasteiger partial charge in [0.25, 0.3) is 5.91 Å². The van der Waals surface area contributed by atoms with Crippen LogP contribution in [-0.2, 0) is 6.54 Å². The van der Waals surface area contributed by atoms with Crippen molar-refractivity contribution < 1.29 is 23.5 Å². The number of carbonyl (C=O) groups excluding carboxylic acids is 2. The van der Waals surface area contributed by atoms with Crippen LogP contribution in [0, 0.1) is 11.8 Å². The van der Waals surface area contributed by atoms with Crippen LogP contribution in [0.4, 0.5) is 10.5 Å². The van der Waals surface area contributed by atoms with E-state index in [1.807, 2.05) is 27.7 Å². The van der Waals surface area contributed by atoms with Gasteiger partial charge in [-0.15, -0.1) is 0 Å². The van der Waals surface area contributed by atoms with Gasteiger partial charge in [-0.05, 0) is 11.8 Å². The minimum atomic E-state index is -0.326. The van der Waals surface area contributed by atoms with E-state index >= 15 is 0 Å². The van der Waals surface area contributed by atoms with Gasteiger partial charge >= 0.3 is 6.03 Å². The highest BCUT2D eigenvalue weighted by Crippen LogP contribution is 2.26. The van der Waals surface area contributed by atoms with E-state index < -0.39 is 0 Å². The molecule has 0 aliphatic rings. The maximum Gasteiger partial charge on any atom is 0.322 e. The second-order valence-corrected chi connectivity index (χ2v) is 8.04. The minimum absolute atomic E-state index is 0.128. The number of anilines is 1. The maximum atomic E-state index is 13.0. The number of oxazole rings is 1. The lowest BCUT2D eigenvalue weighted by atomic mass is 10.2. The molecule has 0 spiro atoms. The van der Waals surface area contributed by atoms with Crippen molar-refractivity contribution in [2.45, 2.75) is 34.2 Å². The minimum Gasteiger partial charge on any atom is -0.497 e. The van der Waals surface area contributed by atoms with E-state index in [-0.39, 0.29) is 36.0 Å². The Morgan fingerprint density at radius 1 is 1.06 bits per heavy atom. The number of hydrogen-bond donors (Lipinski definition) is 2. The van der Waals surface area contributed by atoms with E-state index in [1.54, 1.807) is 37.3 Å². The van der Waals surface area contributed by atoms with E-state index in [0.717, 1.165) is 0 Å². The Labute approximate surface area is 183 Å². The van der Waals surface area contributed by atoms with Crippen LogP contribution in [0.5, 0.6) is 11.5 Å². The third kappa shape index (κ3) is 7.51. The summed E-state index contributed by atoms with van der Waals surface area (Å²) in [5, 5.41) is 5.65. The fraction of sp³-hybridized carbons (Fsp3) is 0.500. The molecule has 170 valence electrons. The second kappa shape index (κ2) is 11.2. The van der Waals surface area contributed by atoms with Crippen molar-refractivity contribution in [3.05, 3.63) is 36.0 Å². The van der Waals surface area contributed by atoms with Gasteiger partial charge in [-0.3, -0.25) is 4.79 Å². The second-order valence-electron chi connectivity index (χ2n) is 8.04. The van der Waals surface area contributed by atoms with Crippen LogP contribution >= 0.6 is 0 Å². The molecule has 0 saturated heterocycles. The molecule has 1 heterocycles. The highest BCUT2D eigenvalue weighted by Gasteiger charge is 2.20. The zero-order chi connectivity index (χ0) is 23.0. The first-order valence-electron chi connectivity index (χ1n) is 10.2. The topological polar surface area (TPSA) is 106 Å². The zero-order valence-corrected chi connectivity index (χ0v) is 19.0. The van der Waals surface area contributed by atoms with Gasteiger partial charge in [-0.2, -0.15) is 0 Å². The lowest BCUT2D eigenvalue weighted by Crippen LogP contribution is -2.37. The maximum absolute atomic E-state index is 13.0. The molecule has 0 bridgehead atoms. The molecule has 0 unspecified atom stereocenters. The van der Waals surface area contributed by atoms with Crippen LogP contribution < -0.4 is 20.1 Å². The first-order valence-corrected chi connectivity index (χ1v) is 10.2. The first-order chi connectivity index (χ1) is 14.7. The van der Waals surface area contributed by atoms with Gasteiger partial charge in [-0.1, -0.05) is 27.7 Å². The molecule has 0 saturated carbocycles. The lowest BCUT2D eigenvalue weighted by molar-refractivity contribution is 0.0944. The predicted octanol–water partition coefficient (Wildman–Crippen LogP) is 3.77. The van der Waals surface area contributed by atoms with Gasteiger partial charge in [0, 0.05) is 37.0 Å². The third-order valence-corrected chi connectivity index (χ3v) is 4.26. The van der Waals surface area contributed by atoms with Crippen LogP contribution in [0.15, 0.2) is 28.9 Å². The molecule has 2 N–H and O–H groups in total. The molecule has 3 amide bonds. The summed E-state index contributed by atoms with van der Waals surface area (Å²) in [6.45, 7) is 9.19. The summed E-state index contributed by atoms with van der Waals surface area (Å²) >= 11 is 0. The number of rotatable bonds is 10. The molecular weight excluding hydrogens is 400 g/mol. The number of benzene rings is 1. The average Bonchev–Trinajstić information content (AvgIpc) is 3.19. The zero-order valence-electron chi connectivity index (χ0n) is 19.0. The van der Waals surface area contributed by atoms with E-state index in [9.17, 15) is 9.59 Å². The SMILES string of the molecule is COc1cc(NC(=O)N(Cc2nc(C(=O)NCC(C)C)co2)CC(C)C)cc(OC)c1. The Kier molecular flexibility index (Phi) is 8.72. The van der Waals surface area contributed by atoms with Gasteiger partial charge < -0.3 is 29.4 Å². The Morgan fingerprint density at radius 2 is 1.71 bits per heavy atom. The third-order valence-electron chi connectivity index (χ3n) is 4.26. The Bertz CT molecular complexity index is 856. The van der Waals surface area contributed by atoms with E-state index in [1.165, 1.54) is 6.26 Å². The monoisotopic (exact) mass is 432 g/mol. The lowest BCUT2D eigenvalue weighted by Gasteiger charge is -2.23. The molecule has 31 heavy (non-hydrogen) atoms. The van der Waals surface area contributed by atoms with Crippen molar-refractivity contribution in [2.24, 2.45) is 11.8 Å². The largest absolute Gasteiger partial charge is 0.497 e. The highest BCUT2D eigenvalue weighted by molar-refractivity contribution is 5.92. The van der Waals surface area contributed by atoms with Crippen molar-refractivity contribution in [3.63, 3.8) is 0 Å². The summed E-state index contributed by atoms with van der Waals surface area (Å²) in [5.74, 6) is 1.66. The van der Waals surface area contributed by atoms with Crippen LogP contribution in [0.25, 0.3) is 0 Å². The van der Waals surface area contributed by atoms with Crippen molar-refractivity contribution in [1.82, 2.24) is 15.2 Å². The Balaban J connectivity index is 2.12. The number of urea groups is 1. The summed E-state index contributed by atoms with van der Waals surface area (Å²) in [5.41, 5.74) is 0.731. The van der Waals surface area contributed by atoms with E-state index in [2.05, 4.69) is 15.6 Å². The first kappa shape index (κ1) is 24.0. The fourth-order valence-corrected chi connectivity index (χ4v) is 2.78. The molecule has 2 aromatic rings. The van der Waals surface area contributed by atoms with Gasteiger partial charge in [-0.25, -0.2) is 9.78 Å². The van der Waals surface area contributed by atoms with Crippen molar-refractivity contribution in [1.29, 1.82) is 0 Å². The number of amides is 3. The van der Waals surface area contributed by atoms with Crippen molar-refractivity contribution >= 4 is 17.6 Å². The predicted molar refractivity (Wildman–Crippen MR) is 117 cm³/mol. The van der Waals surface area contributed by atoms with Crippen LogP contribution in [0.1, 0.15) is 44.1 Å². The van der Waals surface area contributed by atoms with Crippen molar-refractivity contribution in [3.8, 4) is 11.5 Å². The van der Waals surface area contributed by atoms with E-state index in [4.69, 9.17) is 13.9 Å². The molecule has 9 heteroatoms. The van der Waals surface area contributed by atoms with Crippen LogP contribution in [0.2, 0.25) is 0 Å². The van der Waals surface area contributed by atoms with Gasteiger partial charge in [0.15, 0.2) is 5.69 Å². The van der Waals surface area contributed by atoms with E-state index in [0.29, 0.717) is 36.2 Å². The molecule has 1 aromatic carbocycles. The Morgan fingerprint density at radius 3 is 2.26 bits per heavy atom. The molecule has 2 rings (SSSR count). The number of hydrogen-bond acceptors (Lipinski definition) is 6. The smallest absolute Gasteiger partial charge is 0.322 e. The quantitative estimate of drug-likeness (QED) is 0.592. The Hall–Kier alpha value is -3.23. The molecule has 0 aliphatic heterocycles. The summed E-state index contributed by atoms with van der Waals surface area (Å²) in [4.78, 5) is 30.9. The summed E-state index contributed by atoms with van der Waals surface area (Å²) < 4.78 is 15.9. The molecule has 9 nitrogen and oxygen atoms in total. The van der Waals surface area contributed by atoms with Crippen LogP contribution in [-0.4, -0.2) is 49.1 Å². The van der Waals surface area contributed by atoms with Crippen molar-refractivity contribution in [2.75, 3.05) is 32.6 Å². The molecule has 0 fully saturated rings.